The molecule has 0 aliphatic carbocycles. The Morgan fingerprint density at radius 3 is 2.55 bits per heavy atom. The van der Waals surface area contributed by atoms with Crippen molar-refractivity contribution in [3.63, 3.8) is 0 Å². The number of benzene rings is 2. The van der Waals surface area contributed by atoms with E-state index in [2.05, 4.69) is 4.98 Å². The van der Waals surface area contributed by atoms with Crippen LogP contribution in [-0.4, -0.2) is 15.8 Å². The largest absolute Gasteiger partial charge is 0.450 e. The van der Waals surface area contributed by atoms with Gasteiger partial charge in [0.05, 0.1) is 17.0 Å². The highest BCUT2D eigenvalue weighted by atomic mass is 19.1. The summed E-state index contributed by atoms with van der Waals surface area (Å²) in [6.07, 6.45) is 3.32. The highest BCUT2D eigenvalue weighted by Crippen LogP contribution is 2.39. The molecule has 1 aliphatic rings. The highest BCUT2D eigenvalue weighted by molar-refractivity contribution is 5.99. The van der Waals surface area contributed by atoms with Gasteiger partial charge in [-0.05, 0) is 41.5 Å². The summed E-state index contributed by atoms with van der Waals surface area (Å²) in [6, 6.07) is 15.7. The highest BCUT2D eigenvalue weighted by Gasteiger charge is 2.42. The van der Waals surface area contributed by atoms with Crippen molar-refractivity contribution in [2.45, 2.75) is 12.6 Å². The van der Waals surface area contributed by atoms with Crippen molar-refractivity contribution in [2.75, 3.05) is 0 Å². The van der Waals surface area contributed by atoms with E-state index in [9.17, 15) is 14.0 Å². The molecule has 1 atom stereocenters. The van der Waals surface area contributed by atoms with Crippen LogP contribution in [0, 0.1) is 5.82 Å². The monoisotopic (exact) mass is 386 g/mol. The summed E-state index contributed by atoms with van der Waals surface area (Å²) in [4.78, 5) is 32.2. The number of hydrogen-bond acceptors (Lipinski definition) is 4. The SMILES string of the molecule is O=C1c2oc3ccccc3c(=O)c2[C@@H](c2ccc(F)cc2)N1Cc1cccnc1. The van der Waals surface area contributed by atoms with E-state index < -0.39 is 6.04 Å². The van der Waals surface area contributed by atoms with Crippen LogP contribution >= 0.6 is 0 Å². The van der Waals surface area contributed by atoms with Gasteiger partial charge in [-0.3, -0.25) is 14.6 Å². The maximum absolute atomic E-state index is 13.5. The lowest BCUT2D eigenvalue weighted by atomic mass is 9.98. The number of fused-ring (bicyclic) bond motifs is 2. The van der Waals surface area contributed by atoms with Crippen LogP contribution in [0.1, 0.15) is 33.3 Å². The number of aromatic nitrogens is 1. The van der Waals surface area contributed by atoms with E-state index in [-0.39, 0.29) is 35.0 Å². The average Bonchev–Trinajstić information content (AvgIpc) is 3.02. The normalized spacial score (nSPS) is 15.7. The predicted molar refractivity (Wildman–Crippen MR) is 105 cm³/mol. The maximum Gasteiger partial charge on any atom is 0.291 e. The molecule has 6 heteroatoms. The van der Waals surface area contributed by atoms with Gasteiger partial charge in [0.1, 0.15) is 11.4 Å². The number of rotatable bonds is 3. The molecule has 0 N–H and O–H groups in total. The molecule has 0 saturated carbocycles. The van der Waals surface area contributed by atoms with E-state index in [1.54, 1.807) is 59.8 Å². The number of carbonyl (C=O) groups excluding carboxylic acids is 1. The van der Waals surface area contributed by atoms with Crippen LogP contribution in [0.4, 0.5) is 4.39 Å². The molecule has 5 nitrogen and oxygen atoms in total. The van der Waals surface area contributed by atoms with Crippen molar-refractivity contribution >= 4 is 16.9 Å². The molecular formula is C23H15FN2O3. The Hall–Kier alpha value is -3.80. The van der Waals surface area contributed by atoms with Crippen LogP contribution in [-0.2, 0) is 6.54 Å². The van der Waals surface area contributed by atoms with Crippen molar-refractivity contribution in [3.8, 4) is 0 Å². The number of halogens is 1. The molecule has 142 valence electrons. The van der Waals surface area contributed by atoms with Crippen LogP contribution in [0.25, 0.3) is 11.0 Å². The van der Waals surface area contributed by atoms with Crippen molar-refractivity contribution in [1.82, 2.24) is 9.88 Å². The van der Waals surface area contributed by atoms with Gasteiger partial charge in [-0.1, -0.05) is 30.3 Å². The van der Waals surface area contributed by atoms with Gasteiger partial charge in [0, 0.05) is 18.9 Å². The Bertz CT molecular complexity index is 1280. The molecule has 0 unspecified atom stereocenters. The minimum Gasteiger partial charge on any atom is -0.450 e. The smallest absolute Gasteiger partial charge is 0.291 e. The van der Waals surface area contributed by atoms with Crippen LogP contribution < -0.4 is 5.43 Å². The summed E-state index contributed by atoms with van der Waals surface area (Å²) in [5.74, 6) is -0.726. The molecule has 2 aromatic heterocycles. The first-order valence-corrected chi connectivity index (χ1v) is 9.14. The van der Waals surface area contributed by atoms with Gasteiger partial charge in [0.25, 0.3) is 5.91 Å². The first-order valence-electron chi connectivity index (χ1n) is 9.14. The minimum absolute atomic E-state index is 0.0342. The molecule has 0 fully saturated rings. The molecule has 3 heterocycles. The van der Waals surface area contributed by atoms with Crippen LogP contribution in [0.2, 0.25) is 0 Å². The quantitative estimate of drug-likeness (QED) is 0.532. The summed E-state index contributed by atoms with van der Waals surface area (Å²) < 4.78 is 19.4. The van der Waals surface area contributed by atoms with E-state index >= 15 is 0 Å². The molecule has 5 rings (SSSR count). The van der Waals surface area contributed by atoms with Gasteiger partial charge in [-0.2, -0.15) is 0 Å². The van der Waals surface area contributed by atoms with Gasteiger partial charge < -0.3 is 9.32 Å². The first kappa shape index (κ1) is 17.3. The Labute approximate surface area is 165 Å². The molecule has 0 saturated heterocycles. The fraction of sp³-hybridized carbons (Fsp3) is 0.0870. The lowest BCUT2D eigenvalue weighted by Gasteiger charge is -2.25. The second-order valence-electron chi connectivity index (χ2n) is 6.92. The Morgan fingerprint density at radius 1 is 1.00 bits per heavy atom. The van der Waals surface area contributed by atoms with E-state index in [1.165, 1.54) is 12.1 Å². The summed E-state index contributed by atoms with van der Waals surface area (Å²) in [7, 11) is 0. The van der Waals surface area contributed by atoms with Crippen molar-refractivity contribution in [3.05, 3.63) is 112 Å². The molecule has 0 bridgehead atoms. The van der Waals surface area contributed by atoms with Crippen molar-refractivity contribution < 1.29 is 13.6 Å². The zero-order chi connectivity index (χ0) is 20.0. The number of pyridine rings is 1. The molecule has 4 aromatic rings. The lowest BCUT2D eigenvalue weighted by molar-refractivity contribution is 0.0714. The number of para-hydroxylation sites is 1. The predicted octanol–water partition coefficient (Wildman–Crippen LogP) is 4.07. The third kappa shape index (κ3) is 2.81. The average molecular weight is 386 g/mol. The summed E-state index contributed by atoms with van der Waals surface area (Å²) >= 11 is 0. The van der Waals surface area contributed by atoms with Gasteiger partial charge >= 0.3 is 0 Å². The second kappa shape index (κ2) is 6.67. The molecule has 29 heavy (non-hydrogen) atoms. The zero-order valence-corrected chi connectivity index (χ0v) is 15.2. The van der Waals surface area contributed by atoms with Gasteiger partial charge in [0.15, 0.2) is 5.43 Å². The molecule has 0 spiro atoms. The Kier molecular flexibility index (Phi) is 3.98. The van der Waals surface area contributed by atoms with Crippen LogP contribution in [0.15, 0.2) is 82.3 Å². The molecule has 1 aliphatic heterocycles. The number of amides is 1. The number of nitrogens with zero attached hydrogens (tertiary/aromatic N) is 2. The van der Waals surface area contributed by atoms with Crippen LogP contribution in [0.3, 0.4) is 0 Å². The minimum atomic E-state index is -0.667. The molecule has 0 radical (unpaired) electrons. The summed E-state index contributed by atoms with van der Waals surface area (Å²) in [5, 5.41) is 0.411. The van der Waals surface area contributed by atoms with Gasteiger partial charge in [-0.15, -0.1) is 0 Å². The molecule has 2 aromatic carbocycles. The fourth-order valence-electron chi connectivity index (χ4n) is 3.81. The standard InChI is InChI=1S/C23H15FN2O3/c24-16-9-7-15(8-10-16)20-19-21(27)17-5-1-2-6-18(17)29-22(19)23(28)26(20)13-14-4-3-11-25-12-14/h1-12,20H,13H2/t20-/m1/s1. The summed E-state index contributed by atoms with van der Waals surface area (Å²) in [6.45, 7) is 0.245. The van der Waals surface area contributed by atoms with Gasteiger partial charge in [-0.25, -0.2) is 4.39 Å². The fourth-order valence-corrected chi connectivity index (χ4v) is 3.81. The lowest BCUT2D eigenvalue weighted by Crippen LogP contribution is -2.29. The number of carbonyl (C=O) groups is 1. The molecule has 1 amide bonds. The van der Waals surface area contributed by atoms with E-state index in [0.29, 0.717) is 16.5 Å². The van der Waals surface area contributed by atoms with E-state index in [0.717, 1.165) is 5.56 Å². The van der Waals surface area contributed by atoms with Crippen LogP contribution in [0.5, 0.6) is 0 Å². The van der Waals surface area contributed by atoms with Gasteiger partial charge in [0.2, 0.25) is 5.76 Å². The summed E-state index contributed by atoms with van der Waals surface area (Å²) in [5.41, 5.74) is 1.86. The zero-order valence-electron chi connectivity index (χ0n) is 15.2. The molecular weight excluding hydrogens is 371 g/mol. The Morgan fingerprint density at radius 2 is 1.79 bits per heavy atom. The third-order valence-corrected chi connectivity index (χ3v) is 5.13. The second-order valence-corrected chi connectivity index (χ2v) is 6.92. The first-order chi connectivity index (χ1) is 14.1. The Balaban J connectivity index is 1.73. The topological polar surface area (TPSA) is 63.4 Å². The maximum atomic E-state index is 13.5. The van der Waals surface area contributed by atoms with E-state index in [1.807, 2.05) is 6.07 Å². The van der Waals surface area contributed by atoms with E-state index in [4.69, 9.17) is 4.42 Å². The van der Waals surface area contributed by atoms with Crippen molar-refractivity contribution in [2.24, 2.45) is 0 Å². The number of hydrogen-bond donors (Lipinski definition) is 0. The third-order valence-electron chi connectivity index (χ3n) is 5.13. The van der Waals surface area contributed by atoms with Crippen molar-refractivity contribution in [1.29, 1.82) is 0 Å².